The molecule has 11 aromatic rings. The second-order valence-electron chi connectivity index (χ2n) is 13.9. The standard InChI is InChI=1S/C52H32O/c1-2-12-33(13-3-1)34-22-26-36(27-23-34)49-42-18-8-10-20-44(42)50(45-21-11-9-19-43(45)49)37-28-24-35(25-29-37)46-31-40-16-6-7-17-41(40)51-47-30-38-14-4-5-15-39(38)32-48(47)53-52(46)51/h1-32H/i31D. The van der Waals surface area contributed by atoms with Crippen LogP contribution in [0.25, 0.3) is 110 Å². The normalized spacial score (nSPS) is 12.0. The molecule has 1 aromatic heterocycles. The average molecular weight is 674 g/mol. The van der Waals surface area contributed by atoms with Crippen molar-refractivity contribution in [1.29, 1.82) is 0 Å². The molecule has 0 aliphatic rings. The van der Waals surface area contributed by atoms with Crippen LogP contribution in [-0.2, 0) is 0 Å². The lowest BCUT2D eigenvalue weighted by atomic mass is 9.85. The summed E-state index contributed by atoms with van der Waals surface area (Å²) in [5.41, 5.74) is 10.6. The predicted molar refractivity (Wildman–Crippen MR) is 225 cm³/mol. The van der Waals surface area contributed by atoms with Gasteiger partial charge in [0.2, 0.25) is 0 Å². The third-order valence-electron chi connectivity index (χ3n) is 10.9. The molecule has 1 nitrogen and oxygen atoms in total. The first-order valence-corrected chi connectivity index (χ1v) is 18.2. The quantitative estimate of drug-likeness (QED) is 0.170. The van der Waals surface area contributed by atoms with Crippen LogP contribution in [0, 0.1) is 0 Å². The van der Waals surface area contributed by atoms with Gasteiger partial charge in [0, 0.05) is 16.3 Å². The summed E-state index contributed by atoms with van der Waals surface area (Å²) in [6.45, 7) is 0. The summed E-state index contributed by atoms with van der Waals surface area (Å²) in [5.74, 6) is 0. The molecular formula is C52H32O. The molecule has 0 amide bonds. The Kier molecular flexibility index (Phi) is 6.39. The highest BCUT2D eigenvalue weighted by Gasteiger charge is 2.19. The zero-order valence-corrected chi connectivity index (χ0v) is 28.8. The Labute approximate surface area is 308 Å². The largest absolute Gasteiger partial charge is 0.455 e. The molecule has 53 heavy (non-hydrogen) atoms. The fraction of sp³-hybridized carbons (Fsp3) is 0. The zero-order valence-electron chi connectivity index (χ0n) is 29.8. The minimum Gasteiger partial charge on any atom is -0.455 e. The number of furan rings is 1. The van der Waals surface area contributed by atoms with Crippen LogP contribution in [0.2, 0.25) is 0 Å². The van der Waals surface area contributed by atoms with Crippen molar-refractivity contribution in [2.75, 3.05) is 0 Å². The van der Waals surface area contributed by atoms with Crippen LogP contribution in [0.5, 0.6) is 0 Å². The smallest absolute Gasteiger partial charge is 0.143 e. The second-order valence-corrected chi connectivity index (χ2v) is 13.9. The minimum atomic E-state index is 0.480. The molecule has 1 heterocycles. The van der Waals surface area contributed by atoms with E-state index in [0.717, 1.165) is 54.8 Å². The molecule has 0 radical (unpaired) electrons. The van der Waals surface area contributed by atoms with Crippen molar-refractivity contribution in [3.63, 3.8) is 0 Å². The summed E-state index contributed by atoms with van der Waals surface area (Å²) in [5, 5.41) is 11.3. The summed E-state index contributed by atoms with van der Waals surface area (Å²) in [6, 6.07) is 67.4. The number of hydrogen-bond acceptors (Lipinski definition) is 1. The third kappa shape index (κ3) is 4.71. The van der Waals surface area contributed by atoms with Crippen molar-refractivity contribution >= 4 is 65.0 Å². The molecule has 0 fully saturated rings. The number of fused-ring (bicyclic) bond motifs is 8. The second kappa shape index (κ2) is 11.8. The van der Waals surface area contributed by atoms with Crippen molar-refractivity contribution in [3.05, 3.63) is 194 Å². The van der Waals surface area contributed by atoms with E-state index in [2.05, 4.69) is 182 Å². The molecule has 0 aliphatic heterocycles. The van der Waals surface area contributed by atoms with Crippen LogP contribution in [0.15, 0.2) is 199 Å². The van der Waals surface area contributed by atoms with Gasteiger partial charge in [0.1, 0.15) is 11.2 Å². The summed E-state index contributed by atoms with van der Waals surface area (Å²) in [7, 11) is 0. The van der Waals surface area contributed by atoms with Gasteiger partial charge in [0.15, 0.2) is 0 Å². The summed E-state index contributed by atoms with van der Waals surface area (Å²) < 4.78 is 16.3. The van der Waals surface area contributed by atoms with E-state index in [9.17, 15) is 1.37 Å². The lowest BCUT2D eigenvalue weighted by Crippen LogP contribution is -1.91. The highest BCUT2D eigenvalue weighted by atomic mass is 16.3. The summed E-state index contributed by atoms with van der Waals surface area (Å²) in [4.78, 5) is 0. The summed E-state index contributed by atoms with van der Waals surface area (Å²) in [6.07, 6.45) is 0. The highest BCUT2D eigenvalue weighted by Crippen LogP contribution is 2.46. The van der Waals surface area contributed by atoms with Crippen LogP contribution in [0.1, 0.15) is 1.37 Å². The first-order valence-electron chi connectivity index (χ1n) is 18.7. The van der Waals surface area contributed by atoms with Gasteiger partial charge in [-0.05, 0) is 100 Å². The van der Waals surface area contributed by atoms with Gasteiger partial charge in [-0.2, -0.15) is 0 Å². The Balaban J connectivity index is 1.10. The van der Waals surface area contributed by atoms with Crippen molar-refractivity contribution in [3.8, 4) is 44.5 Å². The van der Waals surface area contributed by atoms with Crippen LogP contribution in [0.3, 0.4) is 0 Å². The van der Waals surface area contributed by atoms with Crippen LogP contribution in [0.4, 0.5) is 0 Å². The topological polar surface area (TPSA) is 13.1 Å². The van der Waals surface area contributed by atoms with E-state index in [1.807, 2.05) is 6.07 Å². The summed E-state index contributed by atoms with van der Waals surface area (Å²) >= 11 is 0. The van der Waals surface area contributed by atoms with E-state index in [4.69, 9.17) is 4.42 Å². The van der Waals surface area contributed by atoms with E-state index in [1.165, 1.54) is 54.7 Å². The molecule has 0 saturated heterocycles. The molecule has 0 saturated carbocycles. The first kappa shape index (κ1) is 28.7. The highest BCUT2D eigenvalue weighted by molar-refractivity contribution is 6.24. The molecule has 0 unspecified atom stereocenters. The monoisotopic (exact) mass is 673 g/mol. The molecule has 0 bridgehead atoms. The van der Waals surface area contributed by atoms with E-state index in [-0.39, 0.29) is 0 Å². The van der Waals surface area contributed by atoms with Gasteiger partial charge < -0.3 is 4.42 Å². The van der Waals surface area contributed by atoms with Crippen molar-refractivity contribution in [2.24, 2.45) is 0 Å². The van der Waals surface area contributed by atoms with Gasteiger partial charge in [-0.15, -0.1) is 0 Å². The Bertz CT molecular complexity index is 3190. The fourth-order valence-corrected chi connectivity index (χ4v) is 8.44. The van der Waals surface area contributed by atoms with E-state index < -0.39 is 0 Å². The Hall–Kier alpha value is -6.96. The van der Waals surface area contributed by atoms with Gasteiger partial charge in [0.25, 0.3) is 0 Å². The van der Waals surface area contributed by atoms with E-state index in [1.54, 1.807) is 0 Å². The minimum absolute atomic E-state index is 0.480. The maximum atomic E-state index is 9.52. The van der Waals surface area contributed by atoms with Crippen molar-refractivity contribution in [2.45, 2.75) is 0 Å². The fourth-order valence-electron chi connectivity index (χ4n) is 8.44. The van der Waals surface area contributed by atoms with Crippen LogP contribution < -0.4 is 0 Å². The van der Waals surface area contributed by atoms with Gasteiger partial charge in [-0.3, -0.25) is 0 Å². The molecule has 0 spiro atoms. The average Bonchev–Trinajstić information content (AvgIpc) is 3.60. The molecule has 0 aliphatic carbocycles. The lowest BCUT2D eigenvalue weighted by Gasteiger charge is -2.18. The van der Waals surface area contributed by atoms with E-state index in [0.29, 0.717) is 6.04 Å². The van der Waals surface area contributed by atoms with Gasteiger partial charge in [-0.1, -0.05) is 176 Å². The van der Waals surface area contributed by atoms with Gasteiger partial charge in [0.05, 0.1) is 1.37 Å². The Morgan fingerprint density at radius 2 is 0.774 bits per heavy atom. The maximum Gasteiger partial charge on any atom is 0.143 e. The molecule has 11 rings (SSSR count). The SMILES string of the molecule is [2H]c1c(-c2ccc(-c3c4ccccc4c(-c4ccc(-c5ccccc5)cc4)c4ccccc34)cc2)c2oc3cc4ccccc4cc3c2c2ccccc12. The predicted octanol–water partition coefficient (Wildman–Crippen LogP) is 14.9. The van der Waals surface area contributed by atoms with Gasteiger partial charge in [-0.25, -0.2) is 0 Å². The maximum absolute atomic E-state index is 9.52. The van der Waals surface area contributed by atoms with Crippen LogP contribution in [-0.4, -0.2) is 0 Å². The van der Waals surface area contributed by atoms with Crippen molar-refractivity contribution < 1.29 is 5.79 Å². The molecule has 246 valence electrons. The molecular weight excluding hydrogens is 641 g/mol. The van der Waals surface area contributed by atoms with Crippen molar-refractivity contribution in [1.82, 2.24) is 0 Å². The first-order chi connectivity index (χ1) is 26.7. The molecule has 0 atom stereocenters. The molecule has 0 N–H and O–H groups in total. The number of benzene rings is 10. The molecule has 1 heteroatoms. The molecule has 10 aromatic carbocycles. The number of rotatable bonds is 4. The lowest BCUT2D eigenvalue weighted by molar-refractivity contribution is 0.671. The number of hydrogen-bond donors (Lipinski definition) is 0. The van der Waals surface area contributed by atoms with Gasteiger partial charge >= 0.3 is 0 Å². The Morgan fingerprint density at radius 3 is 1.36 bits per heavy atom. The zero-order chi connectivity index (χ0) is 35.8. The Morgan fingerprint density at radius 1 is 0.340 bits per heavy atom. The van der Waals surface area contributed by atoms with Crippen LogP contribution >= 0.6 is 0 Å². The van der Waals surface area contributed by atoms with E-state index >= 15 is 0 Å². The third-order valence-corrected chi connectivity index (χ3v) is 10.9.